The first kappa shape index (κ1) is 74.3. The molecule has 0 unspecified atom stereocenters. The molecule has 6 atom stereocenters. The molecule has 1 aliphatic rings. The summed E-state index contributed by atoms with van der Waals surface area (Å²) in [5.74, 6) is -5.67. The van der Waals surface area contributed by atoms with Crippen molar-refractivity contribution < 1.29 is 56.3 Å². The first-order chi connectivity index (χ1) is 38.9. The molecule has 1 fully saturated rings. The van der Waals surface area contributed by atoms with Crippen molar-refractivity contribution in [2.75, 3.05) is 33.7 Å². The molecular weight excluding hydrogens is 1090 g/mol. The zero-order valence-corrected chi connectivity index (χ0v) is 53.2. The molecule has 0 radical (unpaired) electrons. The lowest BCUT2D eigenvalue weighted by Gasteiger charge is -2.34. The van der Waals surface area contributed by atoms with Crippen LogP contribution in [0.1, 0.15) is 192 Å². The largest absolute Gasteiger partial charge is 0.416 e. The van der Waals surface area contributed by atoms with E-state index in [1.807, 2.05) is 72.4 Å². The molecule has 1 aromatic carbocycles. The van der Waals surface area contributed by atoms with Crippen molar-refractivity contribution in [2.24, 2.45) is 17.8 Å². The van der Waals surface area contributed by atoms with Gasteiger partial charge in [0, 0.05) is 32.1 Å². The predicted octanol–water partition coefficient (Wildman–Crippen LogP) is 5.75. The van der Waals surface area contributed by atoms with E-state index in [9.17, 15) is 56.3 Å². The van der Waals surface area contributed by atoms with Crippen LogP contribution < -0.4 is 47.9 Å². The molecule has 1 aromatic rings. The summed E-state index contributed by atoms with van der Waals surface area (Å²) in [4.78, 5) is 128. The average Bonchev–Trinajstić information content (AvgIpc) is 4.03. The molecule has 20 nitrogen and oxygen atoms in total. The van der Waals surface area contributed by atoms with Crippen LogP contribution in [0.5, 0.6) is 0 Å². The normalized spacial score (nSPS) is 16.1. The number of benzene rings is 1. The van der Waals surface area contributed by atoms with Crippen LogP contribution in [-0.2, 0) is 55.9 Å². The first-order valence-electron chi connectivity index (χ1n) is 30.2. The third-order valence-electron chi connectivity index (χ3n) is 14.5. The number of alkyl halides is 3. The summed E-state index contributed by atoms with van der Waals surface area (Å²) in [6.45, 7) is 25.3. The van der Waals surface area contributed by atoms with Crippen LogP contribution in [0.2, 0.25) is 0 Å². The third kappa shape index (κ3) is 26.6. The molecule has 478 valence electrons. The number of hydrogen-bond donors (Lipinski definition) is 9. The zero-order valence-electron chi connectivity index (χ0n) is 53.2. The molecule has 1 aliphatic heterocycles. The Hall–Kier alpha value is -5.84. The van der Waals surface area contributed by atoms with E-state index < -0.39 is 106 Å². The Balaban J connectivity index is 2.25. The van der Waals surface area contributed by atoms with Crippen molar-refractivity contribution >= 4 is 53.2 Å². The minimum Gasteiger partial charge on any atom is -0.354 e. The fourth-order valence-electron chi connectivity index (χ4n) is 9.86. The molecule has 0 saturated carbocycles. The Morgan fingerprint density at radius 3 is 1.56 bits per heavy atom. The highest BCUT2D eigenvalue weighted by Crippen LogP contribution is 2.30. The molecule has 0 bridgehead atoms. The topological polar surface area (TPSA) is 268 Å². The first-order valence-corrected chi connectivity index (χ1v) is 30.2. The van der Waals surface area contributed by atoms with E-state index in [-0.39, 0.29) is 74.9 Å². The highest BCUT2D eigenvalue weighted by molar-refractivity contribution is 6.00. The number of carbonyl (C=O) groups is 9. The number of nitrogens with one attached hydrogen (secondary N) is 9. The van der Waals surface area contributed by atoms with E-state index >= 15 is 0 Å². The lowest BCUT2D eigenvalue weighted by Crippen LogP contribution is -2.65. The Kier molecular flexibility index (Phi) is 30.4. The van der Waals surface area contributed by atoms with Gasteiger partial charge in [-0.3, -0.25) is 48.1 Å². The van der Waals surface area contributed by atoms with Crippen LogP contribution in [0.3, 0.4) is 0 Å². The zero-order chi connectivity index (χ0) is 63.9. The van der Waals surface area contributed by atoms with Gasteiger partial charge in [-0.15, -0.1) is 0 Å². The predicted molar refractivity (Wildman–Crippen MR) is 319 cm³/mol. The second-order valence-corrected chi connectivity index (χ2v) is 26.0. The van der Waals surface area contributed by atoms with Crippen molar-refractivity contribution in [3.05, 3.63) is 35.4 Å². The summed E-state index contributed by atoms with van der Waals surface area (Å²) in [5.41, 5.74) is -4.88. The van der Waals surface area contributed by atoms with Crippen LogP contribution >= 0.6 is 0 Å². The Morgan fingerprint density at radius 2 is 1.06 bits per heavy atom. The third-order valence-corrected chi connectivity index (χ3v) is 14.5. The highest BCUT2D eigenvalue weighted by atomic mass is 19.4. The summed E-state index contributed by atoms with van der Waals surface area (Å²) < 4.78 is 39.8. The Labute approximate surface area is 498 Å². The van der Waals surface area contributed by atoms with E-state index in [1.54, 1.807) is 0 Å². The number of amides is 9. The second-order valence-electron chi connectivity index (χ2n) is 26.0. The van der Waals surface area contributed by atoms with Crippen LogP contribution in [0.25, 0.3) is 0 Å². The number of likely N-dealkylation sites (N-methyl/N-ethyl adjacent to an activating group) is 1. The number of rotatable bonds is 36. The lowest BCUT2D eigenvalue weighted by molar-refractivity contribution is -0.139. The van der Waals surface area contributed by atoms with Gasteiger partial charge in [-0.2, -0.15) is 13.2 Å². The van der Waals surface area contributed by atoms with E-state index in [1.165, 1.54) is 53.7 Å². The van der Waals surface area contributed by atoms with Gasteiger partial charge in [0.2, 0.25) is 53.2 Å². The minimum absolute atomic E-state index is 0.0195. The van der Waals surface area contributed by atoms with Crippen LogP contribution in [0.15, 0.2) is 24.3 Å². The van der Waals surface area contributed by atoms with Crippen molar-refractivity contribution in [1.29, 1.82) is 0 Å². The molecule has 1 saturated heterocycles. The molecule has 2 rings (SSSR count). The van der Waals surface area contributed by atoms with Gasteiger partial charge in [0.15, 0.2) is 0 Å². The molecule has 0 spiro atoms. The minimum atomic E-state index is -4.48. The number of unbranched alkanes of at least 4 members (excludes halogenated alkanes) is 5. The van der Waals surface area contributed by atoms with Gasteiger partial charge in [0.25, 0.3) is 0 Å². The van der Waals surface area contributed by atoms with Crippen LogP contribution in [-0.4, -0.2) is 150 Å². The summed E-state index contributed by atoms with van der Waals surface area (Å²) in [5, 5.41) is 25.1. The van der Waals surface area contributed by atoms with Gasteiger partial charge in [-0.05, 0) is 143 Å². The summed E-state index contributed by atoms with van der Waals surface area (Å²) in [6, 6.07) is -0.465. The van der Waals surface area contributed by atoms with E-state index in [0.717, 1.165) is 44.2 Å². The summed E-state index contributed by atoms with van der Waals surface area (Å²) in [6.07, 6.45) is 2.90. The maximum absolute atomic E-state index is 14.3. The van der Waals surface area contributed by atoms with Gasteiger partial charge < -0.3 is 52.8 Å². The number of likely N-dealkylation sites (tertiary alicyclic amines) is 1. The lowest BCUT2D eigenvalue weighted by atomic mass is 9.96. The van der Waals surface area contributed by atoms with Gasteiger partial charge in [0.05, 0.1) is 11.6 Å². The SMILES string of the molecule is CCCCCCCC[C@H](NC(=O)[C@@H]1CCCN1Cc1ccc(C(F)(F)F)cc1)C(=O)N[C@@H](CC(C)C)C(=O)NC(C)(C)C(=O)N[C@@H](CC(C)C)C(=O)N[C@@H](CC(C)C)C(=O)NC(C)(C)C(=O)NC(C)(C)C(=O)NCCC(=O)N[C@@H](C)CN(C)C. The van der Waals surface area contributed by atoms with E-state index in [2.05, 4.69) is 54.8 Å². The molecule has 84 heavy (non-hydrogen) atoms. The van der Waals surface area contributed by atoms with Crippen molar-refractivity contribution in [1.82, 2.24) is 57.7 Å². The maximum Gasteiger partial charge on any atom is 0.416 e. The number of hydrogen-bond acceptors (Lipinski definition) is 11. The maximum atomic E-state index is 14.3. The molecular formula is C61H104F3N11O9. The fraction of sp³-hybridized carbons (Fsp3) is 0.754. The van der Waals surface area contributed by atoms with Crippen molar-refractivity contribution in [3.63, 3.8) is 0 Å². The molecule has 1 heterocycles. The van der Waals surface area contributed by atoms with Crippen molar-refractivity contribution in [2.45, 2.75) is 246 Å². The number of nitrogens with zero attached hydrogens (tertiary/aromatic N) is 2. The van der Waals surface area contributed by atoms with Crippen molar-refractivity contribution in [3.8, 4) is 0 Å². The van der Waals surface area contributed by atoms with Gasteiger partial charge in [-0.25, -0.2) is 0 Å². The number of halogens is 3. The van der Waals surface area contributed by atoms with Crippen LogP contribution in [0.4, 0.5) is 13.2 Å². The second kappa shape index (κ2) is 34.3. The summed E-state index contributed by atoms with van der Waals surface area (Å²) >= 11 is 0. The molecule has 9 amide bonds. The Bertz CT molecular complexity index is 2330. The highest BCUT2D eigenvalue weighted by Gasteiger charge is 2.41. The molecule has 0 aromatic heterocycles. The van der Waals surface area contributed by atoms with Gasteiger partial charge in [0.1, 0.15) is 40.8 Å². The smallest absolute Gasteiger partial charge is 0.354 e. The van der Waals surface area contributed by atoms with Gasteiger partial charge >= 0.3 is 6.18 Å². The van der Waals surface area contributed by atoms with Gasteiger partial charge in [-0.1, -0.05) is 99.1 Å². The number of carbonyl (C=O) groups excluding carboxylic acids is 9. The monoisotopic (exact) mass is 1190 g/mol. The van der Waals surface area contributed by atoms with E-state index in [0.29, 0.717) is 37.9 Å². The quantitative estimate of drug-likeness (QED) is 0.0365. The molecule has 0 aliphatic carbocycles. The molecule has 9 N–H and O–H groups in total. The standard InChI is InChI=1S/C61H104F3N11O9/c1-17-18-19-20-21-22-24-44(67-54(81)48-25-23-32-75(48)37-42-26-28-43(29-27-42)61(62,63)64)50(77)68-46(34-39(4)5)52(79)71-59(11,12)56(83)70-45(33-38(2)3)51(78)69-47(35-40(6)7)53(80)72-60(13,14)57(84)73-58(9,10)55(82)65-31-30-49(76)66-41(8)36-74(15)16/h26-29,38-41,44-48H,17-25,30-37H2,1-16H3,(H,65,82)(H,66,76)(H,67,81)(H,68,77)(H,69,78)(H,70,83)(H,71,79)(H,72,80)(H,73,84)/t41-,44-,45-,46-,47-,48-/m0/s1. The van der Waals surface area contributed by atoms with E-state index in [4.69, 9.17) is 0 Å². The summed E-state index contributed by atoms with van der Waals surface area (Å²) in [7, 11) is 3.78. The Morgan fingerprint density at radius 1 is 0.583 bits per heavy atom. The fourth-order valence-corrected chi connectivity index (χ4v) is 9.86. The van der Waals surface area contributed by atoms with Crippen LogP contribution in [0, 0.1) is 17.8 Å². The average molecular weight is 1190 g/mol. The molecule has 23 heteroatoms.